The molecule has 1 aromatic heterocycles. The quantitative estimate of drug-likeness (QED) is 0.399. The molecule has 0 saturated heterocycles. The number of carboxylic acids is 1. The lowest BCUT2D eigenvalue weighted by atomic mass is 9.75. The summed E-state index contributed by atoms with van der Waals surface area (Å²) in [4.78, 5) is 53.3. The second-order valence-electron chi connectivity index (χ2n) is 13.0. The van der Waals surface area contributed by atoms with Crippen molar-refractivity contribution in [2.24, 2.45) is 22.2 Å². The molecule has 2 amide bonds. The number of nitrogens with one attached hydrogen (secondary N) is 1. The molecule has 1 spiro atoms. The second-order valence-corrected chi connectivity index (χ2v) is 13.0. The fourth-order valence-electron chi connectivity index (χ4n) is 6.03. The topological polar surface area (TPSA) is 125 Å². The molecule has 2 aromatic rings. The molecule has 1 fully saturated rings. The van der Waals surface area contributed by atoms with E-state index < -0.39 is 11.6 Å². The zero-order chi connectivity index (χ0) is 29.8. The highest BCUT2D eigenvalue weighted by molar-refractivity contribution is 6.46. The predicted molar refractivity (Wildman–Crippen MR) is 157 cm³/mol. The molecule has 2 heterocycles. The molecule has 1 unspecified atom stereocenters. The lowest BCUT2D eigenvalue weighted by Crippen LogP contribution is -2.51. The number of aliphatic imine (C=N–C) groups is 1. The Labute approximate surface area is 242 Å². The van der Waals surface area contributed by atoms with Gasteiger partial charge in [-0.1, -0.05) is 46.8 Å². The fourth-order valence-corrected chi connectivity index (χ4v) is 6.03. The molecule has 220 valence electrons. The third-order valence-corrected chi connectivity index (χ3v) is 8.46. The smallest absolute Gasteiger partial charge is 0.305 e. The van der Waals surface area contributed by atoms with E-state index in [0.717, 1.165) is 44.1 Å². The average molecular weight is 562 g/mol. The van der Waals surface area contributed by atoms with Crippen molar-refractivity contribution in [2.75, 3.05) is 6.54 Å². The Morgan fingerprint density at radius 3 is 2.29 bits per heavy atom. The van der Waals surface area contributed by atoms with Crippen LogP contribution in [0.15, 0.2) is 48.0 Å². The Morgan fingerprint density at radius 1 is 1.10 bits per heavy atom. The van der Waals surface area contributed by atoms with Crippen molar-refractivity contribution in [3.63, 3.8) is 0 Å². The number of hydrogen-bond donors (Lipinski definition) is 2. The highest BCUT2D eigenvalue weighted by Gasteiger charge is 2.52. The minimum absolute atomic E-state index is 0.0599. The monoisotopic (exact) mass is 561 g/mol. The van der Waals surface area contributed by atoms with Gasteiger partial charge in [-0.3, -0.25) is 19.4 Å². The van der Waals surface area contributed by atoms with E-state index >= 15 is 0 Å². The number of aromatic nitrogens is 2. The summed E-state index contributed by atoms with van der Waals surface area (Å²) in [6.45, 7) is 11.2. The normalized spacial score (nSPS) is 21.7. The zero-order valence-electron chi connectivity index (χ0n) is 24.9. The Morgan fingerprint density at radius 2 is 1.73 bits per heavy atom. The van der Waals surface area contributed by atoms with Gasteiger partial charge in [-0.25, -0.2) is 9.97 Å². The number of benzene rings is 1. The number of hydrogen-bond acceptors (Lipinski definition) is 6. The van der Waals surface area contributed by atoms with Gasteiger partial charge in [-0.15, -0.1) is 0 Å². The van der Waals surface area contributed by atoms with Crippen LogP contribution in [0, 0.1) is 17.3 Å². The maximum absolute atomic E-state index is 14.3. The van der Waals surface area contributed by atoms with E-state index in [1.807, 2.05) is 17.0 Å². The number of amides is 2. The van der Waals surface area contributed by atoms with E-state index in [9.17, 15) is 14.4 Å². The van der Waals surface area contributed by atoms with E-state index in [1.165, 1.54) is 6.33 Å². The van der Waals surface area contributed by atoms with Crippen molar-refractivity contribution < 1.29 is 19.5 Å². The summed E-state index contributed by atoms with van der Waals surface area (Å²) in [6.07, 6.45) is 9.89. The summed E-state index contributed by atoms with van der Waals surface area (Å²) in [7, 11) is 0. The maximum atomic E-state index is 14.3. The lowest BCUT2D eigenvalue weighted by Gasteiger charge is -2.46. The van der Waals surface area contributed by atoms with Gasteiger partial charge in [0.05, 0.1) is 12.5 Å². The minimum atomic E-state index is -0.961. The summed E-state index contributed by atoms with van der Waals surface area (Å²) in [5, 5.41) is 11.5. The van der Waals surface area contributed by atoms with Crippen LogP contribution >= 0.6 is 0 Å². The molecule has 1 atom stereocenters. The number of carboxylic acid groups (broad SMARTS) is 1. The summed E-state index contributed by atoms with van der Waals surface area (Å²) >= 11 is 0. The van der Waals surface area contributed by atoms with Crippen LogP contribution in [0.5, 0.6) is 0 Å². The molecule has 41 heavy (non-hydrogen) atoms. The third kappa shape index (κ3) is 7.18. The van der Waals surface area contributed by atoms with Crippen LogP contribution in [-0.4, -0.2) is 55.7 Å². The highest BCUT2D eigenvalue weighted by Crippen LogP contribution is 2.48. The van der Waals surface area contributed by atoms with Gasteiger partial charge >= 0.3 is 5.97 Å². The third-order valence-electron chi connectivity index (χ3n) is 8.46. The van der Waals surface area contributed by atoms with E-state index in [-0.39, 0.29) is 36.2 Å². The first-order valence-electron chi connectivity index (χ1n) is 14.7. The van der Waals surface area contributed by atoms with Gasteiger partial charge in [0.2, 0.25) is 0 Å². The van der Waals surface area contributed by atoms with Crippen molar-refractivity contribution >= 4 is 23.5 Å². The summed E-state index contributed by atoms with van der Waals surface area (Å²) in [5.74, 6) is -0.201. The van der Waals surface area contributed by atoms with Gasteiger partial charge in [-0.2, -0.15) is 0 Å². The van der Waals surface area contributed by atoms with Crippen molar-refractivity contribution in [3.8, 4) is 0 Å². The van der Waals surface area contributed by atoms with Crippen molar-refractivity contribution in [3.05, 3.63) is 59.7 Å². The number of carbonyl (C=O) groups is 3. The first-order valence-corrected chi connectivity index (χ1v) is 14.7. The van der Waals surface area contributed by atoms with Gasteiger partial charge < -0.3 is 15.3 Å². The molecule has 1 saturated carbocycles. The molecule has 4 rings (SSSR count). The van der Waals surface area contributed by atoms with Crippen molar-refractivity contribution in [1.82, 2.24) is 20.2 Å². The van der Waals surface area contributed by atoms with Crippen LogP contribution in [0.25, 0.3) is 0 Å². The second kappa shape index (κ2) is 12.5. The highest BCUT2D eigenvalue weighted by atomic mass is 16.4. The Kier molecular flexibility index (Phi) is 9.24. The Hall–Kier alpha value is -3.62. The first-order chi connectivity index (χ1) is 19.4. The summed E-state index contributed by atoms with van der Waals surface area (Å²) < 4.78 is 0. The van der Waals surface area contributed by atoms with Gasteiger partial charge in [-0.05, 0) is 73.5 Å². The molecule has 1 aliphatic carbocycles. The van der Waals surface area contributed by atoms with Crippen molar-refractivity contribution in [2.45, 2.75) is 91.3 Å². The first kappa shape index (κ1) is 30.3. The number of rotatable bonds is 10. The molecular weight excluding hydrogens is 518 g/mol. The van der Waals surface area contributed by atoms with Crippen LogP contribution in [0.3, 0.4) is 0 Å². The summed E-state index contributed by atoms with van der Waals surface area (Å²) in [5.41, 5.74) is 1.88. The van der Waals surface area contributed by atoms with Crippen LogP contribution < -0.4 is 5.32 Å². The molecule has 2 aliphatic rings. The predicted octanol–water partition coefficient (Wildman–Crippen LogP) is 5.42. The molecule has 0 radical (unpaired) electrons. The maximum Gasteiger partial charge on any atom is 0.305 e. The Bertz CT molecular complexity index is 1260. The molecule has 0 bridgehead atoms. The number of aliphatic carboxylic acids is 1. The van der Waals surface area contributed by atoms with Crippen LogP contribution in [0.2, 0.25) is 0 Å². The molecule has 2 N–H and O–H groups in total. The standard InChI is InChI=1S/C32H43N5O4/c1-21(2)22-10-15-32(16-11-22)36-28(25-18-33-20-34-19-25)30(41)37(32)26(12-14-31(3,4)5)23-6-8-24(9-7-23)29(40)35-17-13-27(38)39/h6-9,18-22,26H,10-17H2,1-5H3,(H,35,40)(H,38,39). The molecule has 1 aliphatic heterocycles. The number of nitrogens with zero attached hydrogens (tertiary/aromatic N) is 4. The number of carbonyl (C=O) groups excluding carboxylic acids is 2. The lowest BCUT2D eigenvalue weighted by molar-refractivity contribution is -0.137. The van der Waals surface area contributed by atoms with Crippen LogP contribution in [-0.2, 0) is 9.59 Å². The van der Waals surface area contributed by atoms with Gasteiger partial charge in [0.25, 0.3) is 11.8 Å². The molecule has 9 nitrogen and oxygen atoms in total. The van der Waals surface area contributed by atoms with Gasteiger partial charge in [0, 0.05) is 30.1 Å². The van der Waals surface area contributed by atoms with Crippen molar-refractivity contribution in [1.29, 1.82) is 0 Å². The van der Waals surface area contributed by atoms with E-state index in [0.29, 0.717) is 28.7 Å². The molecule has 1 aromatic carbocycles. The van der Waals surface area contributed by atoms with E-state index in [4.69, 9.17) is 10.1 Å². The van der Waals surface area contributed by atoms with Crippen LogP contribution in [0.1, 0.15) is 107 Å². The SMILES string of the molecule is CC(C)C1CCC2(CC1)N=C(c1cncnc1)C(=O)N2C(CCC(C)(C)C)c1ccc(C(=O)NCCC(=O)O)cc1. The Balaban J connectivity index is 1.69. The molecular formula is C32H43N5O4. The summed E-state index contributed by atoms with van der Waals surface area (Å²) in [6, 6.07) is 7.12. The fraction of sp³-hybridized carbons (Fsp3) is 0.562. The van der Waals surface area contributed by atoms with Gasteiger partial charge in [0.1, 0.15) is 17.7 Å². The van der Waals surface area contributed by atoms with Gasteiger partial charge in [0.15, 0.2) is 0 Å². The minimum Gasteiger partial charge on any atom is -0.481 e. The average Bonchev–Trinajstić information content (AvgIpc) is 3.20. The zero-order valence-corrected chi connectivity index (χ0v) is 24.9. The molecule has 9 heteroatoms. The van der Waals surface area contributed by atoms with E-state index in [2.05, 4.69) is 49.9 Å². The van der Waals surface area contributed by atoms with Crippen LogP contribution in [0.4, 0.5) is 0 Å². The largest absolute Gasteiger partial charge is 0.481 e. The van der Waals surface area contributed by atoms with E-state index in [1.54, 1.807) is 24.5 Å².